The monoisotopic (exact) mass is 359 g/mol. The molecule has 2 heterocycles. The summed E-state index contributed by atoms with van der Waals surface area (Å²) in [6, 6.07) is 1.19. The second-order valence-electron chi connectivity index (χ2n) is 6.23. The molecule has 0 radical (unpaired) electrons. The lowest BCUT2D eigenvalue weighted by Gasteiger charge is -2.22. The Morgan fingerprint density at radius 1 is 1.44 bits per heavy atom. The van der Waals surface area contributed by atoms with E-state index in [1.807, 2.05) is 0 Å². The van der Waals surface area contributed by atoms with Crippen molar-refractivity contribution in [2.75, 3.05) is 13.2 Å². The van der Waals surface area contributed by atoms with Crippen LogP contribution in [0.3, 0.4) is 0 Å². The van der Waals surface area contributed by atoms with Crippen LogP contribution in [-0.2, 0) is 9.47 Å². The number of aliphatic hydroxyl groups is 2. The predicted octanol–water partition coefficient (Wildman–Crippen LogP) is 0.533. The molecule has 0 amide bonds. The summed E-state index contributed by atoms with van der Waals surface area (Å²) in [5.74, 6) is 0. The SMILES string of the molecule is [2H]C(C[C@H]1O[C@@H](n2ccc(=O)[nH]c2=O)C(OCCCCCCC)[C@H]1O)O[3H]. The molecule has 2 unspecified atom stereocenters. The van der Waals surface area contributed by atoms with E-state index in [4.69, 9.17) is 12.3 Å². The maximum Gasteiger partial charge on any atom is 0.330 e. The first kappa shape index (κ1) is 17.0. The number of H-pyrrole nitrogens is 1. The molecule has 8 nitrogen and oxygen atoms in total. The van der Waals surface area contributed by atoms with Crippen molar-refractivity contribution < 1.29 is 21.1 Å². The fraction of sp³-hybridized carbons (Fsp3) is 0.765. The Balaban J connectivity index is 2.09. The van der Waals surface area contributed by atoms with Crippen molar-refractivity contribution in [1.82, 2.24) is 9.55 Å². The Labute approximate surface area is 149 Å². The van der Waals surface area contributed by atoms with E-state index in [1.165, 1.54) is 12.3 Å². The van der Waals surface area contributed by atoms with Gasteiger partial charge in [-0.15, -0.1) is 0 Å². The summed E-state index contributed by atoms with van der Waals surface area (Å²) < 4.78 is 27.1. The summed E-state index contributed by atoms with van der Waals surface area (Å²) in [4.78, 5) is 25.6. The number of aromatic amines is 1. The minimum absolute atomic E-state index is 0.0460. The van der Waals surface area contributed by atoms with Gasteiger partial charge < -0.3 is 19.7 Å². The van der Waals surface area contributed by atoms with E-state index >= 15 is 0 Å². The number of hydrogen-bond donors (Lipinski definition) is 3. The predicted molar refractivity (Wildman–Crippen MR) is 91.4 cm³/mol. The van der Waals surface area contributed by atoms with Crippen molar-refractivity contribution in [3.05, 3.63) is 33.1 Å². The van der Waals surface area contributed by atoms with Gasteiger partial charge in [0.1, 0.15) is 12.2 Å². The van der Waals surface area contributed by atoms with Gasteiger partial charge in [0, 0.05) is 25.5 Å². The van der Waals surface area contributed by atoms with Gasteiger partial charge in [-0.1, -0.05) is 32.6 Å². The second kappa shape index (κ2) is 9.86. The lowest BCUT2D eigenvalue weighted by atomic mass is 10.1. The van der Waals surface area contributed by atoms with E-state index in [2.05, 4.69) is 17.0 Å². The van der Waals surface area contributed by atoms with Gasteiger partial charge in [0.2, 0.25) is 1.43 Å². The number of nitrogens with zero attached hydrogens (tertiary/aromatic N) is 1. The fourth-order valence-corrected chi connectivity index (χ4v) is 2.96. The number of aliphatic hydroxyl groups excluding tert-OH is 2. The maximum atomic E-state index is 12.1. The topological polar surface area (TPSA) is 114 Å². The minimum Gasteiger partial charge on any atom is -0.396 e. The molecule has 5 atom stereocenters. The molecule has 0 aromatic carbocycles. The molecule has 0 bridgehead atoms. The number of unbranched alkanes of at least 4 members (excludes halogenated alkanes) is 4. The highest BCUT2D eigenvalue weighted by Crippen LogP contribution is 2.32. The molecule has 2 rings (SSSR count). The number of ether oxygens (including phenoxy) is 2. The Morgan fingerprint density at radius 3 is 2.96 bits per heavy atom. The number of rotatable bonds is 11. The van der Waals surface area contributed by atoms with Gasteiger partial charge in [-0.05, 0) is 12.8 Å². The van der Waals surface area contributed by atoms with Crippen molar-refractivity contribution >= 4 is 0 Å². The van der Waals surface area contributed by atoms with Crippen LogP contribution >= 0.6 is 0 Å². The molecule has 142 valence electrons. The lowest BCUT2D eigenvalue weighted by molar-refractivity contribution is -0.0724. The van der Waals surface area contributed by atoms with Crippen LogP contribution in [0, 0.1) is 0 Å². The van der Waals surface area contributed by atoms with E-state index in [-0.39, 0.29) is 6.42 Å². The van der Waals surface area contributed by atoms with Crippen molar-refractivity contribution in [2.24, 2.45) is 0 Å². The van der Waals surface area contributed by atoms with Crippen molar-refractivity contribution in [3.8, 4) is 0 Å². The van der Waals surface area contributed by atoms with Crippen molar-refractivity contribution in [3.63, 3.8) is 0 Å². The summed E-state index contributed by atoms with van der Waals surface area (Å²) in [6.45, 7) is 1.34. The van der Waals surface area contributed by atoms with Crippen LogP contribution in [0.25, 0.3) is 0 Å². The molecule has 1 saturated heterocycles. The van der Waals surface area contributed by atoms with Gasteiger partial charge in [0.15, 0.2) is 6.23 Å². The average Bonchev–Trinajstić information content (AvgIpc) is 2.93. The molecule has 1 aliphatic heterocycles. The van der Waals surface area contributed by atoms with Crippen LogP contribution in [0.4, 0.5) is 0 Å². The Kier molecular flexibility index (Phi) is 6.69. The molecule has 1 aromatic rings. The van der Waals surface area contributed by atoms with Crippen molar-refractivity contribution in [2.45, 2.75) is 70.0 Å². The maximum absolute atomic E-state index is 12.1. The molecular weight excluding hydrogens is 328 g/mol. The highest BCUT2D eigenvalue weighted by molar-refractivity contribution is 4.94. The third kappa shape index (κ3) is 5.24. The molecule has 25 heavy (non-hydrogen) atoms. The third-order valence-electron chi connectivity index (χ3n) is 4.32. The van der Waals surface area contributed by atoms with E-state index in [0.717, 1.165) is 36.7 Å². The van der Waals surface area contributed by atoms with Gasteiger partial charge >= 0.3 is 5.69 Å². The molecule has 1 fully saturated rings. The summed E-state index contributed by atoms with van der Waals surface area (Å²) in [5, 5.41) is 14.8. The van der Waals surface area contributed by atoms with E-state index in [1.54, 1.807) is 0 Å². The molecule has 1 aromatic heterocycles. The zero-order valence-electron chi connectivity index (χ0n) is 16.4. The number of nitrogens with one attached hydrogen (secondary N) is 1. The van der Waals surface area contributed by atoms with E-state index in [9.17, 15) is 14.7 Å². The molecular formula is C17H28N2O6. The Morgan fingerprint density at radius 2 is 2.24 bits per heavy atom. The second-order valence-corrected chi connectivity index (χ2v) is 6.23. The first-order valence-corrected chi connectivity index (χ1v) is 8.78. The molecule has 0 spiro atoms. The molecule has 1 aliphatic rings. The van der Waals surface area contributed by atoms with Crippen LogP contribution in [0.1, 0.15) is 53.0 Å². The van der Waals surface area contributed by atoms with E-state index in [0.29, 0.717) is 6.61 Å². The number of aromatic nitrogens is 2. The van der Waals surface area contributed by atoms with Crippen LogP contribution in [-0.4, -0.2) is 52.7 Å². The summed E-state index contributed by atoms with van der Waals surface area (Å²) >= 11 is 0. The Hall–Kier alpha value is -1.48. The van der Waals surface area contributed by atoms with Gasteiger partial charge in [0.25, 0.3) is 5.56 Å². The summed E-state index contributed by atoms with van der Waals surface area (Å²) in [5.41, 5.74) is -1.20. The fourth-order valence-electron chi connectivity index (χ4n) is 2.96. The minimum atomic E-state index is -1.19. The normalized spacial score (nSPS) is 28.6. The third-order valence-corrected chi connectivity index (χ3v) is 4.32. The standard InChI is InChI=1S/C17H28N2O6/c1-2-3-4-5-6-11-24-15-14(22)12(8-10-20)25-16(15)19-9-7-13(21)18-17(19)23/h7,9,12,14-16,20,22H,2-6,8,10-11H2,1H3,(H,18,21,23)/t12-,14+,15?,16-/m1/s1/i10D,20T/t10?,12-,14+,15?,16-. The number of hydrogen-bond acceptors (Lipinski definition) is 6. The van der Waals surface area contributed by atoms with Crippen LogP contribution in [0.15, 0.2) is 21.9 Å². The zero-order valence-corrected chi connectivity index (χ0v) is 14.4. The van der Waals surface area contributed by atoms with Gasteiger partial charge in [-0.2, -0.15) is 0 Å². The highest BCUT2D eigenvalue weighted by atomic mass is 16.6. The average molecular weight is 359 g/mol. The first-order chi connectivity index (χ1) is 13.0. The smallest absolute Gasteiger partial charge is 0.330 e. The molecule has 3 N–H and O–H groups in total. The van der Waals surface area contributed by atoms with Crippen LogP contribution < -0.4 is 11.2 Å². The van der Waals surface area contributed by atoms with Crippen molar-refractivity contribution in [1.29, 1.82) is 1.43 Å². The highest BCUT2D eigenvalue weighted by Gasteiger charge is 2.45. The van der Waals surface area contributed by atoms with Gasteiger partial charge in [-0.3, -0.25) is 14.3 Å². The zero-order chi connectivity index (χ0) is 19.8. The molecule has 8 heteroatoms. The van der Waals surface area contributed by atoms with E-state index < -0.39 is 42.4 Å². The quantitative estimate of drug-likeness (QED) is 0.497. The van der Waals surface area contributed by atoms with Gasteiger partial charge in [-0.25, -0.2) is 4.79 Å². The van der Waals surface area contributed by atoms with Gasteiger partial charge in [0.05, 0.1) is 7.47 Å². The Bertz CT molecular complexity index is 682. The molecule has 0 saturated carbocycles. The summed E-state index contributed by atoms with van der Waals surface area (Å²) in [6.07, 6.45) is 2.78. The largest absolute Gasteiger partial charge is 0.396 e. The van der Waals surface area contributed by atoms with Crippen LogP contribution in [0.2, 0.25) is 0 Å². The van der Waals surface area contributed by atoms with Crippen LogP contribution in [0.5, 0.6) is 0 Å². The first-order valence-electron chi connectivity index (χ1n) is 9.77. The molecule has 0 aliphatic carbocycles. The summed E-state index contributed by atoms with van der Waals surface area (Å²) in [7, 11) is 0. The lowest BCUT2D eigenvalue weighted by Crippen LogP contribution is -2.39.